The smallest absolute Gasteiger partial charge is 0.323 e. The molecule has 0 aliphatic heterocycles. The molecule has 96 valence electrons. The number of carboxylic acids is 1. The van der Waals surface area contributed by atoms with Crippen LogP contribution in [0.15, 0.2) is 0 Å². The van der Waals surface area contributed by atoms with Crippen molar-refractivity contribution in [2.24, 2.45) is 0 Å². The number of hydrogen-bond acceptors (Lipinski definition) is 3. The lowest BCUT2D eigenvalue weighted by molar-refractivity contribution is -0.137. The zero-order valence-corrected chi connectivity index (χ0v) is 9.97. The molecule has 0 spiro atoms. The van der Waals surface area contributed by atoms with Gasteiger partial charge in [0.15, 0.2) is 0 Å². The second kappa shape index (κ2) is 5.51. The first-order valence-corrected chi connectivity index (χ1v) is 5.39. The van der Waals surface area contributed by atoms with Gasteiger partial charge in [0.05, 0.1) is 0 Å². The van der Waals surface area contributed by atoms with Crippen LogP contribution in [0.1, 0.15) is 12.8 Å². The van der Waals surface area contributed by atoms with E-state index < -0.39 is 12.0 Å². The molecule has 0 saturated heterocycles. The summed E-state index contributed by atoms with van der Waals surface area (Å²) in [5, 5.41) is 11.1. The zero-order valence-electron chi connectivity index (χ0n) is 9.97. The molecule has 0 unspecified atom stereocenters. The SMILES string of the molecule is CNC(=O)CN(C)C(=O)N(CC(=O)O)C1CC1. The first kappa shape index (κ1) is 13.3. The quantitative estimate of drug-likeness (QED) is 0.670. The van der Waals surface area contributed by atoms with E-state index in [1.54, 1.807) is 0 Å². The van der Waals surface area contributed by atoms with Crippen molar-refractivity contribution < 1.29 is 19.5 Å². The highest BCUT2D eigenvalue weighted by atomic mass is 16.4. The van der Waals surface area contributed by atoms with Crippen molar-refractivity contribution in [3.8, 4) is 0 Å². The van der Waals surface area contributed by atoms with Gasteiger partial charge in [-0.1, -0.05) is 0 Å². The number of nitrogens with one attached hydrogen (secondary N) is 1. The van der Waals surface area contributed by atoms with Crippen molar-refractivity contribution >= 4 is 17.9 Å². The van der Waals surface area contributed by atoms with E-state index in [1.165, 1.54) is 23.9 Å². The monoisotopic (exact) mass is 243 g/mol. The van der Waals surface area contributed by atoms with E-state index in [1.807, 2.05) is 0 Å². The van der Waals surface area contributed by atoms with E-state index in [9.17, 15) is 14.4 Å². The molecule has 7 heteroatoms. The molecule has 1 fully saturated rings. The van der Waals surface area contributed by atoms with Crippen LogP contribution in [0.5, 0.6) is 0 Å². The lowest BCUT2D eigenvalue weighted by Crippen LogP contribution is -2.47. The van der Waals surface area contributed by atoms with Gasteiger partial charge in [-0.3, -0.25) is 9.59 Å². The maximum Gasteiger partial charge on any atom is 0.323 e. The van der Waals surface area contributed by atoms with E-state index >= 15 is 0 Å². The predicted octanol–water partition coefficient (Wildman–Crippen LogP) is -0.667. The van der Waals surface area contributed by atoms with Crippen molar-refractivity contribution in [1.29, 1.82) is 0 Å². The minimum absolute atomic E-state index is 0.00531. The van der Waals surface area contributed by atoms with Crippen molar-refractivity contribution in [3.05, 3.63) is 0 Å². The summed E-state index contributed by atoms with van der Waals surface area (Å²) < 4.78 is 0. The van der Waals surface area contributed by atoms with E-state index in [0.717, 1.165) is 12.8 Å². The second-order valence-electron chi connectivity index (χ2n) is 4.06. The third-order valence-electron chi connectivity index (χ3n) is 2.53. The van der Waals surface area contributed by atoms with Crippen molar-refractivity contribution in [2.45, 2.75) is 18.9 Å². The normalized spacial score (nSPS) is 14.0. The van der Waals surface area contributed by atoms with E-state index in [4.69, 9.17) is 5.11 Å². The molecule has 2 N–H and O–H groups in total. The molecule has 0 bridgehead atoms. The molecule has 17 heavy (non-hydrogen) atoms. The summed E-state index contributed by atoms with van der Waals surface area (Å²) in [6, 6.07) is -0.413. The fourth-order valence-electron chi connectivity index (χ4n) is 1.47. The van der Waals surface area contributed by atoms with Crippen LogP contribution in [-0.4, -0.2) is 66.0 Å². The summed E-state index contributed by atoms with van der Waals surface area (Å²) in [6.07, 6.45) is 1.65. The molecule has 3 amide bonds. The average Bonchev–Trinajstić information content (AvgIpc) is 3.08. The van der Waals surface area contributed by atoms with Crippen LogP contribution in [0.2, 0.25) is 0 Å². The fraction of sp³-hybridized carbons (Fsp3) is 0.700. The number of amides is 3. The number of aliphatic carboxylic acids is 1. The molecule has 0 aromatic heterocycles. The van der Waals surface area contributed by atoms with Crippen LogP contribution >= 0.6 is 0 Å². The summed E-state index contributed by atoms with van der Waals surface area (Å²) in [4.78, 5) is 36.2. The minimum atomic E-state index is -1.04. The number of rotatable bonds is 5. The standard InChI is InChI=1S/C10H17N3O4/c1-11-8(14)5-12(2)10(17)13(6-9(15)16)7-3-4-7/h7H,3-6H2,1-2H3,(H,11,14)(H,15,16). The van der Waals surface area contributed by atoms with Crippen molar-refractivity contribution in [2.75, 3.05) is 27.2 Å². The molecular formula is C10H17N3O4. The van der Waals surface area contributed by atoms with Gasteiger partial charge in [0.1, 0.15) is 13.1 Å². The molecule has 0 heterocycles. The second-order valence-corrected chi connectivity index (χ2v) is 4.06. The van der Waals surface area contributed by atoms with E-state index in [-0.39, 0.29) is 25.0 Å². The topological polar surface area (TPSA) is 90.0 Å². The number of carbonyl (C=O) groups excluding carboxylic acids is 2. The first-order valence-electron chi connectivity index (χ1n) is 5.39. The van der Waals surface area contributed by atoms with Gasteiger partial charge in [-0.05, 0) is 12.8 Å². The maximum absolute atomic E-state index is 11.9. The van der Waals surface area contributed by atoms with E-state index in [0.29, 0.717) is 0 Å². The molecule has 1 rings (SSSR count). The Hall–Kier alpha value is -1.79. The zero-order chi connectivity index (χ0) is 13.0. The third-order valence-corrected chi connectivity index (χ3v) is 2.53. The Morgan fingerprint density at radius 1 is 1.29 bits per heavy atom. The Morgan fingerprint density at radius 2 is 1.88 bits per heavy atom. The largest absolute Gasteiger partial charge is 0.480 e. The summed E-state index contributed by atoms with van der Waals surface area (Å²) in [5.74, 6) is -1.33. The number of hydrogen-bond donors (Lipinski definition) is 2. The average molecular weight is 243 g/mol. The minimum Gasteiger partial charge on any atom is -0.480 e. The van der Waals surface area contributed by atoms with Gasteiger partial charge in [0.2, 0.25) is 5.91 Å². The fourth-order valence-corrected chi connectivity index (χ4v) is 1.47. The highest BCUT2D eigenvalue weighted by Crippen LogP contribution is 2.27. The van der Waals surface area contributed by atoms with Crippen molar-refractivity contribution in [1.82, 2.24) is 15.1 Å². The van der Waals surface area contributed by atoms with E-state index in [2.05, 4.69) is 5.32 Å². The van der Waals surface area contributed by atoms with Gasteiger partial charge in [-0.15, -0.1) is 0 Å². The molecule has 1 aliphatic rings. The molecule has 0 aromatic carbocycles. The van der Waals surface area contributed by atoms with Gasteiger partial charge in [-0.25, -0.2) is 4.79 Å². The summed E-state index contributed by atoms with van der Waals surface area (Å²) in [6.45, 7) is -0.389. The maximum atomic E-state index is 11.9. The van der Waals surface area contributed by atoms with Gasteiger partial charge in [0, 0.05) is 20.1 Å². The molecule has 0 radical (unpaired) electrons. The van der Waals surface area contributed by atoms with Crippen LogP contribution in [0, 0.1) is 0 Å². The summed E-state index contributed by atoms with van der Waals surface area (Å²) in [7, 11) is 2.96. The number of likely N-dealkylation sites (N-methyl/N-ethyl adjacent to an activating group) is 2. The molecular weight excluding hydrogens is 226 g/mol. The lowest BCUT2D eigenvalue weighted by atomic mass is 10.4. The number of nitrogens with zero attached hydrogens (tertiary/aromatic N) is 2. The van der Waals surface area contributed by atoms with Gasteiger partial charge in [0.25, 0.3) is 0 Å². The van der Waals surface area contributed by atoms with Crippen LogP contribution < -0.4 is 5.32 Å². The Morgan fingerprint density at radius 3 is 2.29 bits per heavy atom. The first-order chi connectivity index (χ1) is 7.95. The van der Waals surface area contributed by atoms with Gasteiger partial charge < -0.3 is 20.2 Å². The molecule has 1 saturated carbocycles. The van der Waals surface area contributed by atoms with Gasteiger partial charge >= 0.3 is 12.0 Å². The number of carboxylic acid groups (broad SMARTS) is 1. The summed E-state index contributed by atoms with van der Waals surface area (Å²) in [5.41, 5.74) is 0. The van der Waals surface area contributed by atoms with Crippen molar-refractivity contribution in [3.63, 3.8) is 0 Å². The Bertz CT molecular complexity index is 328. The lowest BCUT2D eigenvalue weighted by Gasteiger charge is -2.26. The third kappa shape index (κ3) is 3.93. The Kier molecular flexibility index (Phi) is 4.30. The van der Waals surface area contributed by atoms with Crippen LogP contribution in [0.4, 0.5) is 4.79 Å². The molecule has 7 nitrogen and oxygen atoms in total. The molecule has 0 aromatic rings. The Balaban J connectivity index is 2.57. The number of carbonyl (C=O) groups is 3. The summed E-state index contributed by atoms with van der Waals surface area (Å²) >= 11 is 0. The number of urea groups is 1. The van der Waals surface area contributed by atoms with Crippen LogP contribution in [0.25, 0.3) is 0 Å². The van der Waals surface area contributed by atoms with Crippen LogP contribution in [0.3, 0.4) is 0 Å². The molecule has 1 aliphatic carbocycles. The molecule has 0 atom stereocenters. The Labute approximate surface area is 99.4 Å². The highest BCUT2D eigenvalue weighted by molar-refractivity contribution is 5.85. The van der Waals surface area contributed by atoms with Crippen LogP contribution in [-0.2, 0) is 9.59 Å². The van der Waals surface area contributed by atoms with Gasteiger partial charge in [-0.2, -0.15) is 0 Å². The predicted molar refractivity (Wildman–Crippen MR) is 59.5 cm³/mol. The highest BCUT2D eigenvalue weighted by Gasteiger charge is 2.35.